The van der Waals surface area contributed by atoms with Crippen molar-refractivity contribution in [1.29, 1.82) is 0 Å². The van der Waals surface area contributed by atoms with Crippen LogP contribution in [0.5, 0.6) is 0 Å². The highest BCUT2D eigenvalue weighted by Gasteiger charge is 2.13. The van der Waals surface area contributed by atoms with Crippen LogP contribution in [0.1, 0.15) is 18.3 Å². The SMILES string of the molecule is CCc1n[nH]nc1CS(=O)(=O)Cl. The lowest BCUT2D eigenvalue weighted by molar-refractivity contribution is 0.608. The van der Waals surface area contributed by atoms with Gasteiger partial charge in [0, 0.05) is 10.7 Å². The molecule has 1 N–H and O–H groups in total. The van der Waals surface area contributed by atoms with E-state index in [4.69, 9.17) is 10.7 Å². The number of hydrogen-bond acceptors (Lipinski definition) is 4. The van der Waals surface area contributed by atoms with E-state index < -0.39 is 9.05 Å². The van der Waals surface area contributed by atoms with Gasteiger partial charge in [0.25, 0.3) is 0 Å². The minimum Gasteiger partial charge on any atom is -0.212 e. The van der Waals surface area contributed by atoms with E-state index >= 15 is 0 Å². The number of aryl methyl sites for hydroxylation is 1. The summed E-state index contributed by atoms with van der Waals surface area (Å²) in [4.78, 5) is 0. The summed E-state index contributed by atoms with van der Waals surface area (Å²) in [5.74, 6) is -0.270. The number of hydrogen-bond donors (Lipinski definition) is 1. The number of rotatable bonds is 3. The number of aromatic amines is 1. The summed E-state index contributed by atoms with van der Waals surface area (Å²) in [7, 11) is 1.51. The topological polar surface area (TPSA) is 75.7 Å². The fourth-order valence-electron chi connectivity index (χ4n) is 0.837. The Bertz CT molecular complexity index is 359. The molecule has 1 aromatic rings. The highest BCUT2D eigenvalue weighted by Crippen LogP contribution is 2.09. The molecule has 68 valence electrons. The molecule has 1 rings (SSSR count). The first kappa shape index (κ1) is 9.47. The van der Waals surface area contributed by atoms with E-state index in [1.54, 1.807) is 0 Å². The third-order valence-corrected chi connectivity index (χ3v) is 2.29. The Morgan fingerprint density at radius 2 is 2.00 bits per heavy atom. The smallest absolute Gasteiger partial charge is 0.212 e. The molecule has 0 unspecified atom stereocenters. The maximum absolute atomic E-state index is 10.7. The van der Waals surface area contributed by atoms with Crippen LogP contribution in [-0.2, 0) is 21.2 Å². The molecule has 0 aliphatic carbocycles. The molecular formula is C5H8ClN3O2S. The summed E-state index contributed by atoms with van der Waals surface area (Å²) < 4.78 is 21.3. The van der Waals surface area contributed by atoms with Gasteiger partial charge in [-0.05, 0) is 6.42 Å². The Morgan fingerprint density at radius 1 is 1.42 bits per heavy atom. The second kappa shape index (κ2) is 3.40. The largest absolute Gasteiger partial charge is 0.238 e. The molecule has 12 heavy (non-hydrogen) atoms. The zero-order valence-electron chi connectivity index (χ0n) is 6.41. The molecule has 0 amide bonds. The second-order valence-corrected chi connectivity index (χ2v) is 5.03. The number of H-pyrrole nitrogens is 1. The molecule has 1 aromatic heterocycles. The number of nitrogens with one attached hydrogen (secondary N) is 1. The predicted octanol–water partition coefficient (Wildman–Crippen LogP) is 0.436. The van der Waals surface area contributed by atoms with Gasteiger partial charge in [0.05, 0.1) is 5.69 Å². The molecule has 0 aliphatic heterocycles. The zero-order chi connectivity index (χ0) is 9.19. The minimum absolute atomic E-state index is 0.270. The Balaban J connectivity index is 2.89. The van der Waals surface area contributed by atoms with Gasteiger partial charge in [-0.3, -0.25) is 0 Å². The van der Waals surface area contributed by atoms with Crippen molar-refractivity contribution >= 4 is 19.7 Å². The van der Waals surface area contributed by atoms with Crippen molar-refractivity contribution < 1.29 is 8.42 Å². The fourth-order valence-corrected chi connectivity index (χ4v) is 1.70. The van der Waals surface area contributed by atoms with Gasteiger partial charge in [0.15, 0.2) is 0 Å². The Hall–Kier alpha value is -0.620. The van der Waals surface area contributed by atoms with E-state index in [-0.39, 0.29) is 5.75 Å². The molecule has 0 atom stereocenters. The van der Waals surface area contributed by atoms with Crippen LogP contribution in [-0.4, -0.2) is 23.8 Å². The van der Waals surface area contributed by atoms with Crippen molar-refractivity contribution in [3.63, 3.8) is 0 Å². The quantitative estimate of drug-likeness (QED) is 0.733. The maximum atomic E-state index is 10.7. The molecule has 7 heteroatoms. The third kappa shape index (κ3) is 2.46. The maximum Gasteiger partial charge on any atom is 0.238 e. The van der Waals surface area contributed by atoms with Crippen LogP contribution in [0, 0.1) is 0 Å². The lowest BCUT2D eigenvalue weighted by Gasteiger charge is -1.92. The van der Waals surface area contributed by atoms with Gasteiger partial charge in [-0.25, -0.2) is 8.42 Å². The van der Waals surface area contributed by atoms with Crippen molar-refractivity contribution in [2.24, 2.45) is 0 Å². The number of nitrogens with zero attached hydrogens (tertiary/aromatic N) is 2. The highest BCUT2D eigenvalue weighted by molar-refractivity contribution is 8.13. The molecular weight excluding hydrogens is 202 g/mol. The third-order valence-electron chi connectivity index (χ3n) is 1.35. The van der Waals surface area contributed by atoms with Crippen LogP contribution in [0.15, 0.2) is 0 Å². The van der Waals surface area contributed by atoms with E-state index in [2.05, 4.69) is 15.4 Å². The first-order valence-electron chi connectivity index (χ1n) is 3.33. The van der Waals surface area contributed by atoms with Crippen LogP contribution < -0.4 is 0 Å². The molecule has 0 saturated heterocycles. The van der Waals surface area contributed by atoms with Crippen LogP contribution in [0.3, 0.4) is 0 Å². The van der Waals surface area contributed by atoms with Crippen molar-refractivity contribution in [3.8, 4) is 0 Å². The highest BCUT2D eigenvalue weighted by atomic mass is 35.7. The van der Waals surface area contributed by atoms with Crippen molar-refractivity contribution in [1.82, 2.24) is 15.4 Å². The van der Waals surface area contributed by atoms with Crippen molar-refractivity contribution in [3.05, 3.63) is 11.4 Å². The molecule has 1 heterocycles. The van der Waals surface area contributed by atoms with E-state index in [1.165, 1.54) is 0 Å². The molecule has 5 nitrogen and oxygen atoms in total. The predicted molar refractivity (Wildman–Crippen MR) is 44.2 cm³/mol. The lowest BCUT2D eigenvalue weighted by Crippen LogP contribution is -1.98. The van der Waals surface area contributed by atoms with Gasteiger partial charge in [0.1, 0.15) is 11.4 Å². The van der Waals surface area contributed by atoms with Gasteiger partial charge in [0.2, 0.25) is 9.05 Å². The Labute approximate surface area is 74.5 Å². The average Bonchev–Trinajstić information content (AvgIpc) is 2.31. The van der Waals surface area contributed by atoms with Crippen LogP contribution >= 0.6 is 10.7 Å². The van der Waals surface area contributed by atoms with Gasteiger partial charge in [-0.1, -0.05) is 6.92 Å². The number of aromatic nitrogens is 3. The van der Waals surface area contributed by atoms with E-state index in [1.807, 2.05) is 6.92 Å². The van der Waals surface area contributed by atoms with Crippen LogP contribution in [0.4, 0.5) is 0 Å². The summed E-state index contributed by atoms with van der Waals surface area (Å²) in [6.07, 6.45) is 0.637. The molecule has 0 fully saturated rings. The monoisotopic (exact) mass is 209 g/mol. The Morgan fingerprint density at radius 3 is 2.50 bits per heavy atom. The summed E-state index contributed by atoms with van der Waals surface area (Å²) >= 11 is 0. The van der Waals surface area contributed by atoms with E-state index in [9.17, 15) is 8.42 Å². The second-order valence-electron chi connectivity index (χ2n) is 2.25. The summed E-state index contributed by atoms with van der Waals surface area (Å²) in [6.45, 7) is 1.86. The van der Waals surface area contributed by atoms with Crippen LogP contribution in [0.2, 0.25) is 0 Å². The molecule has 0 aromatic carbocycles. The van der Waals surface area contributed by atoms with Crippen LogP contribution in [0.25, 0.3) is 0 Å². The number of halogens is 1. The lowest BCUT2D eigenvalue weighted by atomic mass is 10.3. The summed E-state index contributed by atoms with van der Waals surface area (Å²) in [5, 5.41) is 9.78. The zero-order valence-corrected chi connectivity index (χ0v) is 7.98. The van der Waals surface area contributed by atoms with Gasteiger partial charge < -0.3 is 0 Å². The summed E-state index contributed by atoms with van der Waals surface area (Å²) in [5.41, 5.74) is 1.03. The first-order valence-corrected chi connectivity index (χ1v) is 5.81. The molecule has 0 radical (unpaired) electrons. The molecule has 0 spiro atoms. The van der Waals surface area contributed by atoms with E-state index in [0.717, 1.165) is 0 Å². The molecule has 0 saturated carbocycles. The normalized spacial score (nSPS) is 11.8. The molecule has 0 aliphatic rings. The first-order chi connectivity index (χ1) is 5.53. The van der Waals surface area contributed by atoms with Gasteiger partial charge in [-0.15, -0.1) is 0 Å². The van der Waals surface area contributed by atoms with E-state index in [0.29, 0.717) is 17.8 Å². The molecule has 0 bridgehead atoms. The van der Waals surface area contributed by atoms with Crippen molar-refractivity contribution in [2.75, 3.05) is 0 Å². The van der Waals surface area contributed by atoms with Crippen molar-refractivity contribution in [2.45, 2.75) is 19.1 Å². The fraction of sp³-hybridized carbons (Fsp3) is 0.600. The average molecular weight is 210 g/mol. The van der Waals surface area contributed by atoms with Gasteiger partial charge >= 0.3 is 0 Å². The Kier molecular flexibility index (Phi) is 2.69. The summed E-state index contributed by atoms with van der Waals surface area (Å²) in [6, 6.07) is 0. The van der Waals surface area contributed by atoms with Gasteiger partial charge in [-0.2, -0.15) is 15.4 Å². The standard InChI is InChI=1S/C5H8ClN3O2S/c1-2-4-5(8-9-7-4)3-12(6,10)11/h2-3H2,1H3,(H,7,8,9). The minimum atomic E-state index is -3.53.